The van der Waals surface area contributed by atoms with Crippen molar-refractivity contribution >= 4 is 6.08 Å². The highest BCUT2D eigenvalue weighted by molar-refractivity contribution is 5.49. The Morgan fingerprint density at radius 3 is 2.40 bits per heavy atom. The molecule has 110 valence electrons. The van der Waals surface area contributed by atoms with Crippen LogP contribution in [0.1, 0.15) is 68.9 Å². The second-order valence-electron chi connectivity index (χ2n) is 5.84. The van der Waals surface area contributed by atoms with Crippen molar-refractivity contribution in [3.05, 3.63) is 41.5 Å². The van der Waals surface area contributed by atoms with E-state index in [1.165, 1.54) is 24.0 Å². The van der Waals surface area contributed by atoms with Gasteiger partial charge in [0.2, 0.25) is 5.92 Å². The standard InChI is InChI=1S/C18H24F2/c1-2-3-4-5-6-15-7-9-16(10-8-15)17-11-13-18(19,20)14-12-17/h5-10,17H,2-4,11-14H2,1H3. The fourth-order valence-electron chi connectivity index (χ4n) is 2.79. The first-order valence-corrected chi connectivity index (χ1v) is 7.75. The lowest BCUT2D eigenvalue weighted by molar-refractivity contribution is -0.0382. The molecule has 0 heterocycles. The first kappa shape index (κ1) is 15.2. The van der Waals surface area contributed by atoms with E-state index in [4.69, 9.17) is 0 Å². The second kappa shape index (κ2) is 7.01. The molecule has 0 spiro atoms. The molecule has 1 aliphatic carbocycles. The van der Waals surface area contributed by atoms with Crippen LogP contribution < -0.4 is 0 Å². The Morgan fingerprint density at radius 1 is 1.15 bits per heavy atom. The van der Waals surface area contributed by atoms with Gasteiger partial charge in [-0.05, 0) is 36.3 Å². The summed E-state index contributed by atoms with van der Waals surface area (Å²) in [5.41, 5.74) is 2.41. The maximum Gasteiger partial charge on any atom is 0.248 e. The summed E-state index contributed by atoms with van der Waals surface area (Å²) < 4.78 is 26.3. The largest absolute Gasteiger partial charge is 0.248 e. The average molecular weight is 278 g/mol. The molecule has 0 amide bonds. The van der Waals surface area contributed by atoms with E-state index in [0.29, 0.717) is 18.8 Å². The van der Waals surface area contributed by atoms with Crippen LogP contribution in [0.4, 0.5) is 8.78 Å². The Bertz CT molecular complexity index is 421. The molecule has 0 nitrogen and oxygen atoms in total. The van der Waals surface area contributed by atoms with E-state index in [1.54, 1.807) is 0 Å². The van der Waals surface area contributed by atoms with Gasteiger partial charge in [0.1, 0.15) is 0 Å². The van der Waals surface area contributed by atoms with E-state index in [-0.39, 0.29) is 12.8 Å². The van der Waals surface area contributed by atoms with Crippen LogP contribution in [-0.2, 0) is 0 Å². The highest BCUT2D eigenvalue weighted by Crippen LogP contribution is 2.40. The van der Waals surface area contributed by atoms with Gasteiger partial charge in [-0.15, -0.1) is 0 Å². The first-order chi connectivity index (χ1) is 9.61. The number of allylic oxidation sites excluding steroid dienone is 1. The van der Waals surface area contributed by atoms with Crippen molar-refractivity contribution in [3.63, 3.8) is 0 Å². The number of unbranched alkanes of at least 4 members (excludes halogenated alkanes) is 2. The van der Waals surface area contributed by atoms with Crippen LogP contribution in [0.15, 0.2) is 30.3 Å². The summed E-state index contributed by atoms with van der Waals surface area (Å²) in [4.78, 5) is 0. The third-order valence-corrected chi connectivity index (χ3v) is 4.16. The fourth-order valence-corrected chi connectivity index (χ4v) is 2.79. The van der Waals surface area contributed by atoms with Gasteiger partial charge in [0.25, 0.3) is 0 Å². The van der Waals surface area contributed by atoms with E-state index >= 15 is 0 Å². The third-order valence-electron chi connectivity index (χ3n) is 4.16. The second-order valence-corrected chi connectivity index (χ2v) is 5.84. The summed E-state index contributed by atoms with van der Waals surface area (Å²) in [6, 6.07) is 8.41. The van der Waals surface area contributed by atoms with Crippen LogP contribution in [0.5, 0.6) is 0 Å². The molecule has 0 radical (unpaired) electrons. The minimum absolute atomic E-state index is 0.0380. The Labute approximate surface area is 120 Å². The van der Waals surface area contributed by atoms with Crippen molar-refractivity contribution in [1.82, 2.24) is 0 Å². The molecule has 0 bridgehead atoms. The van der Waals surface area contributed by atoms with Crippen LogP contribution in [0.3, 0.4) is 0 Å². The molecular weight excluding hydrogens is 254 g/mol. The summed E-state index contributed by atoms with van der Waals surface area (Å²) in [7, 11) is 0. The molecule has 20 heavy (non-hydrogen) atoms. The third kappa shape index (κ3) is 4.43. The molecule has 1 aliphatic rings. The number of halogens is 2. The average Bonchev–Trinajstić information content (AvgIpc) is 2.45. The van der Waals surface area contributed by atoms with Gasteiger partial charge >= 0.3 is 0 Å². The predicted molar refractivity (Wildman–Crippen MR) is 81.2 cm³/mol. The minimum Gasteiger partial charge on any atom is -0.207 e. The number of alkyl halides is 2. The molecule has 1 saturated carbocycles. The highest BCUT2D eigenvalue weighted by Gasteiger charge is 2.35. The summed E-state index contributed by atoms with van der Waals surface area (Å²) in [6.45, 7) is 2.19. The van der Waals surface area contributed by atoms with E-state index in [9.17, 15) is 8.78 Å². The smallest absolute Gasteiger partial charge is 0.207 e. The van der Waals surface area contributed by atoms with Crippen molar-refractivity contribution in [2.45, 2.75) is 63.7 Å². The Hall–Kier alpha value is -1.18. The van der Waals surface area contributed by atoms with Gasteiger partial charge in [-0.1, -0.05) is 56.2 Å². The van der Waals surface area contributed by atoms with Crippen molar-refractivity contribution in [1.29, 1.82) is 0 Å². The Kier molecular flexibility index (Phi) is 5.33. The lowest BCUT2D eigenvalue weighted by Gasteiger charge is -2.28. The molecule has 2 heteroatoms. The quantitative estimate of drug-likeness (QED) is 0.564. The van der Waals surface area contributed by atoms with Crippen molar-refractivity contribution in [2.24, 2.45) is 0 Å². The molecule has 0 atom stereocenters. The van der Waals surface area contributed by atoms with Crippen molar-refractivity contribution in [2.75, 3.05) is 0 Å². The Balaban J connectivity index is 1.90. The van der Waals surface area contributed by atoms with Crippen molar-refractivity contribution < 1.29 is 8.78 Å². The van der Waals surface area contributed by atoms with Gasteiger partial charge in [-0.3, -0.25) is 0 Å². The summed E-state index contributed by atoms with van der Waals surface area (Å²) in [5.74, 6) is -2.12. The van der Waals surface area contributed by atoms with E-state index in [0.717, 1.165) is 6.42 Å². The Morgan fingerprint density at radius 2 is 1.80 bits per heavy atom. The zero-order valence-electron chi connectivity index (χ0n) is 12.2. The summed E-state index contributed by atoms with van der Waals surface area (Å²) in [6.07, 6.45) is 9.22. The number of rotatable bonds is 5. The molecular formula is C18H24F2. The molecule has 0 unspecified atom stereocenters. The van der Waals surface area contributed by atoms with Gasteiger partial charge in [0.15, 0.2) is 0 Å². The van der Waals surface area contributed by atoms with Gasteiger partial charge < -0.3 is 0 Å². The molecule has 0 saturated heterocycles. The molecule has 0 aliphatic heterocycles. The molecule has 0 aromatic heterocycles. The van der Waals surface area contributed by atoms with Gasteiger partial charge in [-0.2, -0.15) is 0 Å². The van der Waals surface area contributed by atoms with Crippen LogP contribution >= 0.6 is 0 Å². The maximum atomic E-state index is 13.2. The van der Waals surface area contributed by atoms with Crippen LogP contribution in [0.2, 0.25) is 0 Å². The van der Waals surface area contributed by atoms with Crippen LogP contribution in [0, 0.1) is 0 Å². The van der Waals surface area contributed by atoms with Gasteiger partial charge in [0.05, 0.1) is 0 Å². The molecule has 2 rings (SSSR count). The van der Waals surface area contributed by atoms with Crippen LogP contribution in [0.25, 0.3) is 6.08 Å². The lowest BCUT2D eigenvalue weighted by atomic mass is 9.82. The fraction of sp³-hybridized carbons (Fsp3) is 0.556. The monoisotopic (exact) mass is 278 g/mol. The lowest BCUT2D eigenvalue weighted by Crippen LogP contribution is -2.23. The minimum atomic E-state index is -2.43. The molecule has 1 aromatic carbocycles. The zero-order chi connectivity index (χ0) is 14.4. The van der Waals surface area contributed by atoms with Gasteiger partial charge in [-0.25, -0.2) is 8.78 Å². The number of benzene rings is 1. The number of hydrogen-bond acceptors (Lipinski definition) is 0. The normalized spacial score (nSPS) is 19.6. The topological polar surface area (TPSA) is 0 Å². The first-order valence-electron chi connectivity index (χ1n) is 7.75. The molecule has 0 N–H and O–H groups in total. The van der Waals surface area contributed by atoms with Gasteiger partial charge in [0, 0.05) is 12.8 Å². The molecule has 1 aromatic rings. The summed E-state index contributed by atoms with van der Waals surface area (Å²) in [5, 5.41) is 0. The highest BCUT2D eigenvalue weighted by atomic mass is 19.3. The zero-order valence-corrected chi connectivity index (χ0v) is 12.2. The molecule has 1 fully saturated rings. The maximum absolute atomic E-state index is 13.2. The van der Waals surface area contributed by atoms with E-state index < -0.39 is 5.92 Å². The summed E-state index contributed by atoms with van der Waals surface area (Å²) >= 11 is 0. The van der Waals surface area contributed by atoms with E-state index in [1.807, 2.05) is 0 Å². The predicted octanol–water partition coefficient (Wildman–Crippen LogP) is 6.18. The van der Waals surface area contributed by atoms with Crippen LogP contribution in [-0.4, -0.2) is 5.92 Å². The van der Waals surface area contributed by atoms with Crippen molar-refractivity contribution in [3.8, 4) is 0 Å². The van der Waals surface area contributed by atoms with E-state index in [2.05, 4.69) is 43.3 Å². The SMILES string of the molecule is CCCCC=Cc1ccc(C2CCC(F)(F)CC2)cc1. The number of hydrogen-bond donors (Lipinski definition) is 0.